The van der Waals surface area contributed by atoms with E-state index in [2.05, 4.69) is 15.7 Å². The molecule has 2 aromatic rings. The second-order valence-corrected chi connectivity index (χ2v) is 4.87. The summed E-state index contributed by atoms with van der Waals surface area (Å²) in [5.74, 6) is 0.169. The first-order valence-corrected chi connectivity index (χ1v) is 7.04. The molecule has 0 aliphatic heterocycles. The number of carbonyl (C=O) groups is 1. The molecule has 8 heteroatoms. The normalized spacial score (nSPS) is 10.1. The highest BCUT2D eigenvalue weighted by Gasteiger charge is 2.14. The molecule has 0 aliphatic carbocycles. The van der Waals surface area contributed by atoms with Crippen LogP contribution < -0.4 is 21.1 Å². The van der Waals surface area contributed by atoms with Crippen molar-refractivity contribution in [2.24, 2.45) is 12.8 Å². The molecule has 0 aliphatic rings. The molecular weight excluding hydrogens is 302 g/mol. The Morgan fingerprint density at radius 1 is 1.36 bits per heavy atom. The summed E-state index contributed by atoms with van der Waals surface area (Å²) in [6.45, 7) is 2.54. The molecule has 0 saturated heterocycles. The van der Waals surface area contributed by atoms with Gasteiger partial charge < -0.3 is 21.1 Å². The second kappa shape index (κ2) is 6.90. The molecule has 1 aromatic carbocycles. The van der Waals surface area contributed by atoms with Gasteiger partial charge in [-0.2, -0.15) is 5.10 Å². The highest BCUT2D eigenvalue weighted by molar-refractivity contribution is 7.80. The number of aryl methyl sites for hydroxylation is 1. The van der Waals surface area contributed by atoms with Gasteiger partial charge in [-0.15, -0.1) is 0 Å². The number of anilines is 2. The third kappa shape index (κ3) is 3.95. The molecule has 7 nitrogen and oxygen atoms in total. The molecule has 1 aromatic heterocycles. The molecule has 0 radical (unpaired) electrons. The fourth-order valence-corrected chi connectivity index (χ4v) is 2.08. The van der Waals surface area contributed by atoms with Crippen LogP contribution in [0.1, 0.15) is 17.4 Å². The number of nitrogens with zero attached hydrogens (tertiary/aromatic N) is 2. The molecule has 0 unspecified atom stereocenters. The first-order chi connectivity index (χ1) is 10.5. The predicted octanol–water partition coefficient (Wildman–Crippen LogP) is 1.73. The average Bonchev–Trinajstić information content (AvgIpc) is 2.82. The lowest BCUT2D eigenvalue weighted by Crippen LogP contribution is -2.21. The zero-order valence-corrected chi connectivity index (χ0v) is 13.1. The Balaban J connectivity index is 2.02. The standard InChI is InChI=1S/C14H17N5O2S/c1-3-21-10-6-4-9(5-7-10)16-14(22)17-11-8-19(2)18-12(11)13(15)20/h4-8H,3H2,1-2H3,(H2,15,20)(H2,16,17,22). The summed E-state index contributed by atoms with van der Waals surface area (Å²) in [5, 5.41) is 10.2. The van der Waals surface area contributed by atoms with E-state index in [1.54, 1.807) is 13.2 Å². The fraction of sp³-hybridized carbons (Fsp3) is 0.214. The van der Waals surface area contributed by atoms with Gasteiger partial charge in [0.15, 0.2) is 10.8 Å². The molecule has 0 bridgehead atoms. The third-order valence-electron chi connectivity index (χ3n) is 2.73. The van der Waals surface area contributed by atoms with Gasteiger partial charge in [-0.1, -0.05) is 0 Å². The molecule has 0 fully saturated rings. The number of amides is 1. The van der Waals surface area contributed by atoms with E-state index < -0.39 is 5.91 Å². The lowest BCUT2D eigenvalue weighted by Gasteiger charge is -2.10. The molecule has 0 saturated carbocycles. The first-order valence-electron chi connectivity index (χ1n) is 6.64. The smallest absolute Gasteiger partial charge is 0.271 e. The third-order valence-corrected chi connectivity index (χ3v) is 2.94. The van der Waals surface area contributed by atoms with Crippen LogP contribution in [0, 0.1) is 0 Å². The van der Waals surface area contributed by atoms with Crippen molar-refractivity contribution in [2.45, 2.75) is 6.92 Å². The summed E-state index contributed by atoms with van der Waals surface area (Å²) < 4.78 is 6.86. The van der Waals surface area contributed by atoms with Gasteiger partial charge in [0.1, 0.15) is 5.75 Å². The molecule has 0 spiro atoms. The Morgan fingerprint density at radius 2 is 2.05 bits per heavy atom. The molecule has 1 amide bonds. The van der Waals surface area contributed by atoms with Gasteiger partial charge in [0, 0.05) is 18.9 Å². The van der Waals surface area contributed by atoms with Gasteiger partial charge in [0.2, 0.25) is 0 Å². The van der Waals surface area contributed by atoms with Gasteiger partial charge in [-0.3, -0.25) is 9.48 Å². The number of benzene rings is 1. The molecular formula is C14H17N5O2S. The minimum Gasteiger partial charge on any atom is -0.494 e. The van der Waals surface area contributed by atoms with Crippen molar-refractivity contribution >= 4 is 34.6 Å². The van der Waals surface area contributed by atoms with Crippen LogP contribution in [0.5, 0.6) is 5.75 Å². The first kappa shape index (κ1) is 15.8. The van der Waals surface area contributed by atoms with E-state index in [-0.39, 0.29) is 5.69 Å². The number of hydrogen-bond donors (Lipinski definition) is 3. The number of ether oxygens (including phenoxy) is 1. The van der Waals surface area contributed by atoms with E-state index in [4.69, 9.17) is 22.7 Å². The number of aromatic nitrogens is 2. The lowest BCUT2D eigenvalue weighted by molar-refractivity contribution is 0.0995. The van der Waals surface area contributed by atoms with Gasteiger partial charge >= 0.3 is 0 Å². The van der Waals surface area contributed by atoms with E-state index >= 15 is 0 Å². The van der Waals surface area contributed by atoms with Crippen LogP contribution in [0.2, 0.25) is 0 Å². The largest absolute Gasteiger partial charge is 0.494 e. The lowest BCUT2D eigenvalue weighted by atomic mass is 10.3. The Bertz CT molecular complexity index is 681. The van der Waals surface area contributed by atoms with E-state index in [0.717, 1.165) is 11.4 Å². The highest BCUT2D eigenvalue weighted by Crippen LogP contribution is 2.17. The maximum Gasteiger partial charge on any atom is 0.271 e. The predicted molar refractivity (Wildman–Crippen MR) is 89.2 cm³/mol. The Hall–Kier alpha value is -2.61. The summed E-state index contributed by atoms with van der Waals surface area (Å²) >= 11 is 5.21. The molecule has 2 rings (SSSR count). The van der Waals surface area contributed by atoms with Crippen LogP contribution >= 0.6 is 12.2 Å². The maximum absolute atomic E-state index is 11.3. The van der Waals surface area contributed by atoms with E-state index in [1.165, 1.54) is 4.68 Å². The molecule has 0 atom stereocenters. The van der Waals surface area contributed by atoms with Crippen molar-refractivity contribution in [3.63, 3.8) is 0 Å². The van der Waals surface area contributed by atoms with Crippen LogP contribution in [-0.2, 0) is 7.05 Å². The molecule has 1 heterocycles. The summed E-state index contributed by atoms with van der Waals surface area (Å²) in [4.78, 5) is 11.3. The minimum absolute atomic E-state index is 0.137. The van der Waals surface area contributed by atoms with Crippen molar-refractivity contribution < 1.29 is 9.53 Å². The van der Waals surface area contributed by atoms with E-state index in [0.29, 0.717) is 17.4 Å². The highest BCUT2D eigenvalue weighted by atomic mass is 32.1. The minimum atomic E-state index is -0.619. The quantitative estimate of drug-likeness (QED) is 0.727. The summed E-state index contributed by atoms with van der Waals surface area (Å²) in [6.07, 6.45) is 1.63. The van der Waals surface area contributed by atoms with Gasteiger partial charge in [-0.25, -0.2) is 0 Å². The maximum atomic E-state index is 11.3. The van der Waals surface area contributed by atoms with Crippen LogP contribution in [0.25, 0.3) is 0 Å². The van der Waals surface area contributed by atoms with Crippen LogP contribution in [0.3, 0.4) is 0 Å². The van der Waals surface area contributed by atoms with Gasteiger partial charge in [0.25, 0.3) is 5.91 Å². The summed E-state index contributed by atoms with van der Waals surface area (Å²) in [5.41, 5.74) is 6.66. The molecule has 22 heavy (non-hydrogen) atoms. The number of carbonyl (C=O) groups excluding carboxylic acids is 1. The second-order valence-electron chi connectivity index (χ2n) is 4.47. The number of primary amides is 1. The Labute approximate surface area is 133 Å². The van der Waals surface area contributed by atoms with E-state index in [9.17, 15) is 4.79 Å². The number of hydrogen-bond acceptors (Lipinski definition) is 4. The Kier molecular flexibility index (Phi) is 4.95. The van der Waals surface area contributed by atoms with Crippen molar-refractivity contribution in [1.82, 2.24) is 9.78 Å². The zero-order valence-electron chi connectivity index (χ0n) is 12.3. The number of thiocarbonyl (C=S) groups is 1. The van der Waals surface area contributed by atoms with Crippen LogP contribution in [0.4, 0.5) is 11.4 Å². The van der Waals surface area contributed by atoms with Crippen molar-refractivity contribution in [1.29, 1.82) is 0 Å². The molecule has 4 N–H and O–H groups in total. The topological polar surface area (TPSA) is 94.2 Å². The number of rotatable bonds is 5. The van der Waals surface area contributed by atoms with Gasteiger partial charge in [-0.05, 0) is 43.4 Å². The zero-order chi connectivity index (χ0) is 16.1. The van der Waals surface area contributed by atoms with Crippen molar-refractivity contribution in [2.75, 3.05) is 17.2 Å². The number of nitrogens with one attached hydrogen (secondary N) is 2. The number of nitrogens with two attached hydrogens (primary N) is 1. The monoisotopic (exact) mass is 319 g/mol. The summed E-state index contributed by atoms with van der Waals surface area (Å²) in [6, 6.07) is 7.37. The Morgan fingerprint density at radius 3 is 2.64 bits per heavy atom. The molecule has 116 valence electrons. The SMILES string of the molecule is CCOc1ccc(NC(=S)Nc2cn(C)nc2C(N)=O)cc1. The van der Waals surface area contributed by atoms with Crippen molar-refractivity contribution in [3.8, 4) is 5.75 Å². The van der Waals surface area contributed by atoms with Gasteiger partial charge in [0.05, 0.1) is 12.3 Å². The van der Waals surface area contributed by atoms with Crippen LogP contribution in [0.15, 0.2) is 30.5 Å². The average molecular weight is 319 g/mol. The van der Waals surface area contributed by atoms with Crippen molar-refractivity contribution in [3.05, 3.63) is 36.2 Å². The van der Waals surface area contributed by atoms with Crippen LogP contribution in [-0.4, -0.2) is 27.4 Å². The fourth-order valence-electron chi connectivity index (χ4n) is 1.85. The summed E-state index contributed by atoms with van der Waals surface area (Å²) in [7, 11) is 1.69. The van der Waals surface area contributed by atoms with E-state index in [1.807, 2.05) is 31.2 Å².